The number of ether oxygens (including phenoxy) is 1. The smallest absolute Gasteiger partial charge is 0.312 e. The number of nitrogens with one attached hydrogen (secondary N) is 2. The molecule has 2 unspecified atom stereocenters. The summed E-state index contributed by atoms with van der Waals surface area (Å²) < 4.78 is 5.71. The predicted octanol–water partition coefficient (Wildman–Crippen LogP) is 3.50. The topological polar surface area (TPSA) is 93.5 Å². The minimum atomic E-state index is -0.716. The fraction of sp³-hybridized carbons (Fsp3) is 0.263. The van der Waals surface area contributed by atoms with Gasteiger partial charge in [-0.3, -0.25) is 4.79 Å². The number of anilines is 1. The molecular formula is C19H23N3O3. The Morgan fingerprint density at radius 1 is 1.04 bits per heavy atom. The van der Waals surface area contributed by atoms with Crippen molar-refractivity contribution >= 4 is 17.6 Å². The Kier molecular flexibility index (Phi) is 6.39. The second-order valence-corrected chi connectivity index (χ2v) is 5.80. The lowest BCUT2D eigenvalue weighted by atomic mass is 9.98. The standard InChI is InChI=1S/C19H23N3O3/c1-3-13(2)17(22-19(20)24)18(23)21-14-9-11-16(12-10-14)25-15-7-5-4-6-8-15/h4-13,17H,3H2,1-2H3,(H,21,23)(H3,20,22,24). The monoisotopic (exact) mass is 341 g/mol. The molecule has 2 rings (SSSR count). The van der Waals surface area contributed by atoms with Crippen LogP contribution in [0.5, 0.6) is 11.5 Å². The van der Waals surface area contributed by atoms with Crippen molar-refractivity contribution in [2.24, 2.45) is 11.7 Å². The third kappa shape index (κ3) is 5.53. The quantitative estimate of drug-likeness (QED) is 0.719. The van der Waals surface area contributed by atoms with Crippen LogP contribution in [0.25, 0.3) is 0 Å². The summed E-state index contributed by atoms with van der Waals surface area (Å²) in [6, 6.07) is 15.1. The maximum atomic E-state index is 12.4. The Bertz CT molecular complexity index is 702. The molecule has 25 heavy (non-hydrogen) atoms. The van der Waals surface area contributed by atoms with Crippen LogP contribution in [0.4, 0.5) is 10.5 Å². The zero-order chi connectivity index (χ0) is 18.2. The molecule has 0 aliphatic rings. The molecule has 0 aliphatic heterocycles. The first-order chi connectivity index (χ1) is 12.0. The van der Waals surface area contributed by atoms with Crippen molar-refractivity contribution in [3.8, 4) is 11.5 Å². The van der Waals surface area contributed by atoms with Crippen molar-refractivity contribution in [3.63, 3.8) is 0 Å². The van der Waals surface area contributed by atoms with E-state index in [0.29, 0.717) is 11.4 Å². The molecule has 0 radical (unpaired) electrons. The molecule has 2 aromatic carbocycles. The van der Waals surface area contributed by atoms with Gasteiger partial charge in [-0.1, -0.05) is 38.5 Å². The highest BCUT2D eigenvalue weighted by Gasteiger charge is 2.25. The minimum Gasteiger partial charge on any atom is -0.457 e. The van der Waals surface area contributed by atoms with Gasteiger partial charge in [-0.15, -0.1) is 0 Å². The maximum absolute atomic E-state index is 12.4. The van der Waals surface area contributed by atoms with Crippen LogP contribution >= 0.6 is 0 Å². The van der Waals surface area contributed by atoms with Crippen molar-refractivity contribution in [2.75, 3.05) is 5.32 Å². The number of rotatable bonds is 7. The lowest BCUT2D eigenvalue weighted by molar-refractivity contribution is -0.119. The maximum Gasteiger partial charge on any atom is 0.312 e. The molecule has 0 fully saturated rings. The first-order valence-corrected chi connectivity index (χ1v) is 8.19. The first kappa shape index (κ1) is 18.3. The molecule has 3 amide bonds. The van der Waals surface area contributed by atoms with E-state index in [1.54, 1.807) is 24.3 Å². The summed E-state index contributed by atoms with van der Waals surface area (Å²) >= 11 is 0. The molecule has 0 bridgehead atoms. The second kappa shape index (κ2) is 8.73. The number of benzene rings is 2. The van der Waals surface area contributed by atoms with Gasteiger partial charge in [-0.25, -0.2) is 4.79 Å². The number of carbonyl (C=O) groups is 2. The third-order valence-corrected chi connectivity index (χ3v) is 3.89. The zero-order valence-electron chi connectivity index (χ0n) is 14.4. The average molecular weight is 341 g/mol. The lowest BCUT2D eigenvalue weighted by Crippen LogP contribution is -2.49. The van der Waals surface area contributed by atoms with Crippen molar-refractivity contribution in [1.29, 1.82) is 0 Å². The van der Waals surface area contributed by atoms with Crippen LogP contribution in [0.1, 0.15) is 20.3 Å². The molecule has 2 atom stereocenters. The summed E-state index contributed by atoms with van der Waals surface area (Å²) in [6.45, 7) is 3.83. The van der Waals surface area contributed by atoms with Gasteiger partial charge in [0.2, 0.25) is 5.91 Å². The Morgan fingerprint density at radius 3 is 2.20 bits per heavy atom. The normalized spacial score (nSPS) is 12.7. The number of nitrogens with two attached hydrogens (primary N) is 1. The fourth-order valence-corrected chi connectivity index (χ4v) is 2.31. The fourth-order valence-electron chi connectivity index (χ4n) is 2.31. The van der Waals surface area contributed by atoms with Crippen LogP contribution in [0.3, 0.4) is 0 Å². The van der Waals surface area contributed by atoms with Crippen LogP contribution < -0.4 is 21.1 Å². The van der Waals surface area contributed by atoms with Crippen LogP contribution in [0, 0.1) is 5.92 Å². The molecule has 0 aromatic heterocycles. The first-order valence-electron chi connectivity index (χ1n) is 8.19. The van der Waals surface area contributed by atoms with Gasteiger partial charge in [0.25, 0.3) is 0 Å². The van der Waals surface area contributed by atoms with E-state index in [1.807, 2.05) is 44.2 Å². The molecule has 6 nitrogen and oxygen atoms in total. The predicted molar refractivity (Wildman–Crippen MR) is 97.5 cm³/mol. The van der Waals surface area contributed by atoms with Crippen molar-refractivity contribution < 1.29 is 14.3 Å². The molecule has 132 valence electrons. The summed E-state index contributed by atoms with van der Waals surface area (Å²) in [5.41, 5.74) is 5.78. The van der Waals surface area contributed by atoms with E-state index in [9.17, 15) is 9.59 Å². The van der Waals surface area contributed by atoms with E-state index in [-0.39, 0.29) is 11.8 Å². The van der Waals surface area contributed by atoms with E-state index in [1.165, 1.54) is 0 Å². The van der Waals surface area contributed by atoms with Gasteiger partial charge in [-0.05, 0) is 42.3 Å². The molecule has 0 heterocycles. The van der Waals surface area contributed by atoms with Crippen LogP contribution in [0.15, 0.2) is 54.6 Å². The highest BCUT2D eigenvalue weighted by Crippen LogP contribution is 2.23. The molecule has 0 saturated heterocycles. The summed E-state index contributed by atoms with van der Waals surface area (Å²) in [5.74, 6) is 1.07. The van der Waals surface area contributed by atoms with Crippen LogP contribution in [-0.4, -0.2) is 18.0 Å². The zero-order valence-corrected chi connectivity index (χ0v) is 14.4. The number of urea groups is 1. The molecule has 6 heteroatoms. The van der Waals surface area contributed by atoms with E-state index in [2.05, 4.69) is 10.6 Å². The Labute approximate surface area is 147 Å². The van der Waals surface area contributed by atoms with E-state index >= 15 is 0 Å². The van der Waals surface area contributed by atoms with Gasteiger partial charge in [0.05, 0.1) is 0 Å². The van der Waals surface area contributed by atoms with Crippen molar-refractivity contribution in [3.05, 3.63) is 54.6 Å². The number of primary amides is 1. The van der Waals surface area contributed by atoms with Crippen LogP contribution in [0.2, 0.25) is 0 Å². The Hall–Kier alpha value is -3.02. The molecular weight excluding hydrogens is 318 g/mol. The van der Waals surface area contributed by atoms with Gasteiger partial charge in [-0.2, -0.15) is 0 Å². The summed E-state index contributed by atoms with van der Waals surface area (Å²) in [7, 11) is 0. The molecule has 0 saturated carbocycles. The van der Waals surface area contributed by atoms with Gasteiger partial charge in [0.15, 0.2) is 0 Å². The van der Waals surface area contributed by atoms with E-state index < -0.39 is 12.1 Å². The number of amides is 3. The minimum absolute atomic E-state index is 0.0341. The number of para-hydroxylation sites is 1. The van der Waals surface area contributed by atoms with Crippen molar-refractivity contribution in [2.45, 2.75) is 26.3 Å². The van der Waals surface area contributed by atoms with Gasteiger partial charge in [0, 0.05) is 5.69 Å². The van der Waals surface area contributed by atoms with Gasteiger partial charge < -0.3 is 21.1 Å². The molecule has 4 N–H and O–H groups in total. The second-order valence-electron chi connectivity index (χ2n) is 5.80. The highest BCUT2D eigenvalue weighted by atomic mass is 16.5. The number of hydrogen-bond acceptors (Lipinski definition) is 3. The summed E-state index contributed by atoms with van der Waals surface area (Å²) in [6.07, 6.45) is 0.738. The van der Waals surface area contributed by atoms with Gasteiger partial charge in [0.1, 0.15) is 17.5 Å². The summed E-state index contributed by atoms with van der Waals surface area (Å²) in [4.78, 5) is 23.5. The Balaban J connectivity index is 2.01. The lowest BCUT2D eigenvalue weighted by Gasteiger charge is -2.22. The number of carbonyl (C=O) groups excluding carboxylic acids is 2. The third-order valence-electron chi connectivity index (χ3n) is 3.89. The largest absolute Gasteiger partial charge is 0.457 e. The van der Waals surface area contributed by atoms with Gasteiger partial charge >= 0.3 is 6.03 Å². The molecule has 2 aromatic rings. The van der Waals surface area contributed by atoms with E-state index in [0.717, 1.165) is 12.2 Å². The van der Waals surface area contributed by atoms with Crippen LogP contribution in [-0.2, 0) is 4.79 Å². The SMILES string of the molecule is CCC(C)C(NC(N)=O)C(=O)Nc1ccc(Oc2ccccc2)cc1. The Morgan fingerprint density at radius 2 is 1.64 bits per heavy atom. The summed E-state index contributed by atoms with van der Waals surface area (Å²) in [5, 5.41) is 5.29. The average Bonchev–Trinajstić information content (AvgIpc) is 2.61. The molecule has 0 aliphatic carbocycles. The van der Waals surface area contributed by atoms with E-state index in [4.69, 9.17) is 10.5 Å². The van der Waals surface area contributed by atoms with Crippen molar-refractivity contribution in [1.82, 2.24) is 5.32 Å². The highest BCUT2D eigenvalue weighted by molar-refractivity contribution is 5.97. The number of hydrogen-bond donors (Lipinski definition) is 3. The molecule has 0 spiro atoms.